The van der Waals surface area contributed by atoms with Crippen molar-refractivity contribution >= 4 is 15.9 Å². The van der Waals surface area contributed by atoms with Crippen LogP contribution in [0.4, 0.5) is 4.39 Å². The monoisotopic (exact) mass is 270 g/mol. The van der Waals surface area contributed by atoms with Crippen molar-refractivity contribution in [1.82, 2.24) is 0 Å². The summed E-state index contributed by atoms with van der Waals surface area (Å²) < 4.78 is 13.7. The van der Waals surface area contributed by atoms with Gasteiger partial charge >= 0.3 is 0 Å². The second-order valence-corrected chi connectivity index (χ2v) is 4.97. The third-order valence-corrected chi connectivity index (χ3v) is 4.14. The third-order valence-electron chi connectivity index (χ3n) is 3.44. The summed E-state index contributed by atoms with van der Waals surface area (Å²) in [6.45, 7) is 0. The molecule has 1 saturated carbocycles. The zero-order chi connectivity index (χ0) is 10.7. The summed E-state index contributed by atoms with van der Waals surface area (Å²) in [5.41, 5.74) is 0.890. The Morgan fingerprint density at radius 2 is 1.93 bits per heavy atom. The summed E-state index contributed by atoms with van der Waals surface area (Å²) in [4.78, 5) is 0. The van der Waals surface area contributed by atoms with E-state index in [1.807, 2.05) is 12.1 Å². The summed E-state index contributed by atoms with van der Waals surface area (Å²) in [7, 11) is 0. The second-order valence-electron chi connectivity index (χ2n) is 4.33. The molecule has 0 heterocycles. The van der Waals surface area contributed by atoms with E-state index in [9.17, 15) is 4.39 Å². The van der Waals surface area contributed by atoms with Crippen LogP contribution in [0.2, 0.25) is 0 Å². The second kappa shape index (κ2) is 5.11. The summed E-state index contributed by atoms with van der Waals surface area (Å²) in [5.74, 6) is 0.976. The van der Waals surface area contributed by atoms with Crippen LogP contribution in [0.25, 0.3) is 0 Å². The van der Waals surface area contributed by atoms with Crippen LogP contribution in [-0.4, -0.2) is 5.33 Å². The minimum Gasteiger partial charge on any atom is -0.207 e. The van der Waals surface area contributed by atoms with Crippen LogP contribution in [-0.2, 0) is 0 Å². The molecule has 1 atom stereocenters. The van der Waals surface area contributed by atoms with E-state index in [2.05, 4.69) is 15.9 Å². The van der Waals surface area contributed by atoms with Crippen LogP contribution >= 0.6 is 15.9 Å². The summed E-state index contributed by atoms with van der Waals surface area (Å²) >= 11 is 3.53. The van der Waals surface area contributed by atoms with Gasteiger partial charge < -0.3 is 0 Å². The first-order chi connectivity index (χ1) is 7.33. The maximum atomic E-state index is 13.7. The van der Waals surface area contributed by atoms with E-state index < -0.39 is 0 Å². The molecule has 0 bridgehead atoms. The Labute approximate surface area is 99.0 Å². The van der Waals surface area contributed by atoms with Crippen molar-refractivity contribution in [1.29, 1.82) is 0 Å². The van der Waals surface area contributed by atoms with E-state index in [1.165, 1.54) is 25.7 Å². The van der Waals surface area contributed by atoms with Crippen molar-refractivity contribution in [3.63, 3.8) is 0 Å². The maximum absolute atomic E-state index is 13.7. The standard InChI is InChI=1S/C13H16BrF/c14-9-12(10-5-1-2-6-10)11-7-3-4-8-13(11)15/h3-4,7-8,10,12H,1-2,5-6,9H2. The van der Waals surface area contributed by atoms with Gasteiger partial charge in [0.25, 0.3) is 0 Å². The van der Waals surface area contributed by atoms with Crippen molar-refractivity contribution in [2.45, 2.75) is 31.6 Å². The molecule has 0 nitrogen and oxygen atoms in total. The lowest BCUT2D eigenvalue weighted by molar-refractivity contribution is 0.450. The largest absolute Gasteiger partial charge is 0.207 e. The molecule has 15 heavy (non-hydrogen) atoms. The molecule has 1 unspecified atom stereocenters. The molecule has 2 rings (SSSR count). The average molecular weight is 271 g/mol. The topological polar surface area (TPSA) is 0 Å². The first-order valence-electron chi connectivity index (χ1n) is 5.63. The molecule has 1 aliphatic rings. The van der Waals surface area contributed by atoms with Gasteiger partial charge in [-0.05, 0) is 36.3 Å². The molecule has 82 valence electrons. The Bertz CT molecular complexity index is 318. The highest BCUT2D eigenvalue weighted by molar-refractivity contribution is 9.09. The predicted octanol–water partition coefficient (Wildman–Crippen LogP) is 4.49. The molecule has 1 aromatic rings. The van der Waals surface area contributed by atoms with Gasteiger partial charge in [-0.3, -0.25) is 0 Å². The van der Waals surface area contributed by atoms with Crippen molar-refractivity contribution in [2.75, 3.05) is 5.33 Å². The number of benzene rings is 1. The molecule has 1 aliphatic carbocycles. The molecule has 1 fully saturated rings. The number of hydrogen-bond donors (Lipinski definition) is 0. The summed E-state index contributed by atoms with van der Waals surface area (Å²) in [6.07, 6.45) is 5.13. The van der Waals surface area contributed by atoms with E-state index in [-0.39, 0.29) is 5.82 Å². The Hall–Kier alpha value is -0.370. The van der Waals surface area contributed by atoms with Gasteiger partial charge in [-0.15, -0.1) is 0 Å². The van der Waals surface area contributed by atoms with Gasteiger partial charge in [0, 0.05) is 5.33 Å². The van der Waals surface area contributed by atoms with Crippen LogP contribution in [0.1, 0.15) is 37.2 Å². The highest BCUT2D eigenvalue weighted by atomic mass is 79.9. The first kappa shape index (κ1) is 11.1. The number of halogens is 2. The smallest absolute Gasteiger partial charge is 0.126 e. The molecule has 0 N–H and O–H groups in total. The quantitative estimate of drug-likeness (QED) is 0.710. The minimum absolute atomic E-state index is 0.0474. The van der Waals surface area contributed by atoms with E-state index in [0.717, 1.165) is 10.9 Å². The van der Waals surface area contributed by atoms with E-state index in [1.54, 1.807) is 12.1 Å². The Balaban J connectivity index is 2.22. The van der Waals surface area contributed by atoms with Gasteiger partial charge in [-0.2, -0.15) is 0 Å². The number of rotatable bonds is 3. The zero-order valence-electron chi connectivity index (χ0n) is 8.76. The van der Waals surface area contributed by atoms with Crippen molar-refractivity contribution in [3.8, 4) is 0 Å². The lowest BCUT2D eigenvalue weighted by Gasteiger charge is -2.22. The third kappa shape index (κ3) is 2.41. The summed E-state index contributed by atoms with van der Waals surface area (Å²) in [5, 5.41) is 0.874. The molecule has 0 radical (unpaired) electrons. The molecule has 0 aliphatic heterocycles. The van der Waals surface area contributed by atoms with Crippen LogP contribution in [0.3, 0.4) is 0 Å². The Kier molecular flexibility index (Phi) is 3.79. The maximum Gasteiger partial charge on any atom is 0.126 e. The van der Waals surface area contributed by atoms with Crippen LogP contribution < -0.4 is 0 Å². The SMILES string of the molecule is Fc1ccccc1C(CBr)C1CCCC1. The van der Waals surface area contributed by atoms with Gasteiger partial charge in [-0.1, -0.05) is 47.0 Å². The predicted molar refractivity (Wildman–Crippen MR) is 64.9 cm³/mol. The van der Waals surface area contributed by atoms with Gasteiger partial charge in [0.15, 0.2) is 0 Å². The highest BCUT2D eigenvalue weighted by Crippen LogP contribution is 2.38. The number of alkyl halides is 1. The van der Waals surface area contributed by atoms with E-state index >= 15 is 0 Å². The van der Waals surface area contributed by atoms with Crippen molar-refractivity contribution in [3.05, 3.63) is 35.6 Å². The van der Waals surface area contributed by atoms with Crippen molar-refractivity contribution in [2.24, 2.45) is 5.92 Å². The highest BCUT2D eigenvalue weighted by Gasteiger charge is 2.26. The van der Waals surface area contributed by atoms with Gasteiger partial charge in [-0.25, -0.2) is 4.39 Å². The normalized spacial score (nSPS) is 19.3. The fourth-order valence-electron chi connectivity index (χ4n) is 2.60. The Morgan fingerprint density at radius 3 is 2.53 bits per heavy atom. The molecule has 0 spiro atoms. The number of hydrogen-bond acceptors (Lipinski definition) is 0. The molecular formula is C13H16BrF. The molecule has 0 amide bonds. The van der Waals surface area contributed by atoms with Gasteiger partial charge in [0.05, 0.1) is 0 Å². The fourth-order valence-corrected chi connectivity index (χ4v) is 3.48. The lowest BCUT2D eigenvalue weighted by atomic mass is 9.86. The summed E-state index contributed by atoms with van der Waals surface area (Å²) in [6, 6.07) is 7.20. The minimum atomic E-state index is -0.0474. The van der Waals surface area contributed by atoms with Gasteiger partial charge in [0.2, 0.25) is 0 Å². The van der Waals surface area contributed by atoms with Crippen LogP contribution in [0.5, 0.6) is 0 Å². The molecular weight excluding hydrogens is 255 g/mol. The first-order valence-corrected chi connectivity index (χ1v) is 6.75. The average Bonchev–Trinajstić information content (AvgIpc) is 2.75. The Morgan fingerprint density at radius 1 is 1.27 bits per heavy atom. The molecule has 2 heteroatoms. The fraction of sp³-hybridized carbons (Fsp3) is 0.538. The van der Waals surface area contributed by atoms with Gasteiger partial charge in [0.1, 0.15) is 5.82 Å². The van der Waals surface area contributed by atoms with Crippen LogP contribution in [0.15, 0.2) is 24.3 Å². The molecule has 0 saturated heterocycles. The zero-order valence-corrected chi connectivity index (χ0v) is 10.3. The van der Waals surface area contributed by atoms with Crippen molar-refractivity contribution < 1.29 is 4.39 Å². The molecule has 1 aromatic carbocycles. The molecule has 0 aromatic heterocycles. The van der Waals surface area contributed by atoms with E-state index in [0.29, 0.717) is 11.8 Å². The van der Waals surface area contributed by atoms with Crippen LogP contribution in [0, 0.1) is 11.7 Å². The lowest BCUT2D eigenvalue weighted by Crippen LogP contribution is -2.12. The van der Waals surface area contributed by atoms with E-state index in [4.69, 9.17) is 0 Å².